The highest BCUT2D eigenvalue weighted by Gasteiger charge is 2.19. The molecule has 2 atom stereocenters. The molecule has 1 rings (SSSR count). The molecule has 0 aromatic rings. The Kier molecular flexibility index (Phi) is 2.22. The topological polar surface area (TPSA) is 29.1 Å². The van der Waals surface area contributed by atoms with E-state index in [1.54, 1.807) is 0 Å². The summed E-state index contributed by atoms with van der Waals surface area (Å²) in [6.45, 7) is 4.13. The molecule has 1 aliphatic rings. The van der Waals surface area contributed by atoms with Crippen LogP contribution in [0.1, 0.15) is 13.3 Å². The van der Waals surface area contributed by atoms with Gasteiger partial charge in [-0.15, -0.1) is 0 Å². The highest BCUT2D eigenvalue weighted by molar-refractivity contribution is 5.54. The number of piperidine rings is 1. The lowest BCUT2D eigenvalue weighted by Crippen LogP contribution is -2.35. The van der Waals surface area contributed by atoms with E-state index < -0.39 is 0 Å². The predicted octanol–water partition coefficient (Wildman–Crippen LogP) is 0.431. The van der Waals surface area contributed by atoms with Crippen LogP contribution in [0, 0.1) is 11.8 Å². The first-order valence-electron chi connectivity index (χ1n) is 3.50. The standard InChI is InChI=1S/C7H13NO/c1-6-4-8-3-2-7(6)5-9/h5-8H,2-4H2,1H3/t6-,7?/m1/s1. The number of nitrogens with one attached hydrogen (secondary N) is 1. The lowest BCUT2D eigenvalue weighted by molar-refractivity contribution is -0.112. The molecule has 0 saturated carbocycles. The molecule has 2 nitrogen and oxygen atoms in total. The Labute approximate surface area is 55.6 Å². The molecule has 0 aliphatic carbocycles. The van der Waals surface area contributed by atoms with Crippen molar-refractivity contribution in [3.63, 3.8) is 0 Å². The summed E-state index contributed by atoms with van der Waals surface area (Å²) in [5.41, 5.74) is 0. The molecule has 1 N–H and O–H groups in total. The quantitative estimate of drug-likeness (QED) is 0.517. The Morgan fingerprint density at radius 2 is 2.44 bits per heavy atom. The van der Waals surface area contributed by atoms with Gasteiger partial charge in [0.1, 0.15) is 6.29 Å². The molecular weight excluding hydrogens is 114 g/mol. The van der Waals surface area contributed by atoms with Crippen LogP contribution in [-0.4, -0.2) is 19.4 Å². The molecule has 0 radical (unpaired) electrons. The van der Waals surface area contributed by atoms with Gasteiger partial charge >= 0.3 is 0 Å². The lowest BCUT2D eigenvalue weighted by Gasteiger charge is -2.24. The fourth-order valence-corrected chi connectivity index (χ4v) is 1.24. The van der Waals surface area contributed by atoms with Gasteiger partial charge < -0.3 is 10.1 Å². The van der Waals surface area contributed by atoms with Crippen molar-refractivity contribution < 1.29 is 4.79 Å². The van der Waals surface area contributed by atoms with E-state index in [2.05, 4.69) is 12.2 Å². The molecule has 1 aliphatic heterocycles. The van der Waals surface area contributed by atoms with Crippen LogP contribution in [0.15, 0.2) is 0 Å². The van der Waals surface area contributed by atoms with E-state index in [4.69, 9.17) is 0 Å². The van der Waals surface area contributed by atoms with Gasteiger partial charge in [-0.05, 0) is 25.4 Å². The molecule has 1 unspecified atom stereocenters. The third kappa shape index (κ3) is 1.52. The van der Waals surface area contributed by atoms with Gasteiger partial charge in [0.25, 0.3) is 0 Å². The Morgan fingerprint density at radius 3 is 2.89 bits per heavy atom. The normalized spacial score (nSPS) is 36.1. The number of hydrogen-bond acceptors (Lipinski definition) is 2. The molecule has 0 aromatic heterocycles. The fourth-order valence-electron chi connectivity index (χ4n) is 1.24. The zero-order valence-corrected chi connectivity index (χ0v) is 5.76. The third-order valence-corrected chi connectivity index (χ3v) is 2.03. The molecule has 1 heterocycles. The summed E-state index contributed by atoms with van der Waals surface area (Å²) in [4.78, 5) is 10.3. The van der Waals surface area contributed by atoms with Crippen LogP contribution in [0.4, 0.5) is 0 Å². The second-order valence-electron chi connectivity index (χ2n) is 2.77. The molecule has 1 fully saturated rings. The zero-order chi connectivity index (χ0) is 6.69. The van der Waals surface area contributed by atoms with Crippen molar-refractivity contribution in [3.8, 4) is 0 Å². The van der Waals surface area contributed by atoms with Crippen LogP contribution in [0.5, 0.6) is 0 Å². The minimum absolute atomic E-state index is 0.311. The predicted molar refractivity (Wildman–Crippen MR) is 36.2 cm³/mol. The minimum atomic E-state index is 0.311. The van der Waals surface area contributed by atoms with E-state index in [9.17, 15) is 4.79 Å². The van der Waals surface area contributed by atoms with Crippen LogP contribution in [0.25, 0.3) is 0 Å². The van der Waals surface area contributed by atoms with Crippen molar-refractivity contribution in [2.75, 3.05) is 13.1 Å². The largest absolute Gasteiger partial charge is 0.316 e. The molecule has 2 heteroatoms. The molecule has 0 aromatic carbocycles. The van der Waals surface area contributed by atoms with Gasteiger partial charge in [-0.3, -0.25) is 0 Å². The maximum absolute atomic E-state index is 10.3. The van der Waals surface area contributed by atoms with Crippen molar-refractivity contribution in [2.45, 2.75) is 13.3 Å². The first kappa shape index (κ1) is 6.75. The van der Waals surface area contributed by atoms with E-state index in [1.165, 1.54) is 0 Å². The Hall–Kier alpha value is -0.370. The maximum Gasteiger partial charge on any atom is 0.123 e. The van der Waals surface area contributed by atoms with Crippen molar-refractivity contribution in [2.24, 2.45) is 11.8 Å². The lowest BCUT2D eigenvalue weighted by atomic mass is 9.89. The van der Waals surface area contributed by atoms with Gasteiger partial charge in [0, 0.05) is 5.92 Å². The summed E-state index contributed by atoms with van der Waals surface area (Å²) >= 11 is 0. The molecule has 0 amide bonds. The summed E-state index contributed by atoms with van der Waals surface area (Å²) < 4.78 is 0. The van der Waals surface area contributed by atoms with Gasteiger partial charge in [-0.25, -0.2) is 0 Å². The van der Waals surface area contributed by atoms with Crippen LogP contribution in [0.3, 0.4) is 0 Å². The Morgan fingerprint density at radius 1 is 1.67 bits per heavy atom. The molecule has 9 heavy (non-hydrogen) atoms. The number of hydrogen-bond donors (Lipinski definition) is 1. The first-order chi connectivity index (χ1) is 4.34. The fraction of sp³-hybridized carbons (Fsp3) is 0.857. The van der Waals surface area contributed by atoms with E-state index in [1.807, 2.05) is 0 Å². The van der Waals surface area contributed by atoms with Crippen molar-refractivity contribution in [3.05, 3.63) is 0 Å². The summed E-state index contributed by atoms with van der Waals surface area (Å²) in [6.07, 6.45) is 2.11. The highest BCUT2D eigenvalue weighted by atomic mass is 16.1. The molecular formula is C7H13NO. The summed E-state index contributed by atoms with van der Waals surface area (Å²) in [5.74, 6) is 0.850. The number of carbonyl (C=O) groups is 1. The van der Waals surface area contributed by atoms with Gasteiger partial charge in [0.05, 0.1) is 0 Å². The number of carbonyl (C=O) groups excluding carboxylic acids is 1. The zero-order valence-electron chi connectivity index (χ0n) is 5.76. The van der Waals surface area contributed by atoms with Crippen LogP contribution in [-0.2, 0) is 4.79 Å². The molecule has 0 spiro atoms. The monoisotopic (exact) mass is 127 g/mol. The Balaban J connectivity index is 2.38. The highest BCUT2D eigenvalue weighted by Crippen LogP contribution is 2.14. The van der Waals surface area contributed by atoms with E-state index in [-0.39, 0.29) is 0 Å². The van der Waals surface area contributed by atoms with Crippen molar-refractivity contribution in [1.82, 2.24) is 5.32 Å². The van der Waals surface area contributed by atoms with Crippen LogP contribution < -0.4 is 5.32 Å². The maximum atomic E-state index is 10.3. The van der Waals surface area contributed by atoms with Crippen LogP contribution >= 0.6 is 0 Å². The summed E-state index contributed by atoms with van der Waals surface area (Å²) in [5, 5.41) is 3.24. The van der Waals surface area contributed by atoms with Crippen molar-refractivity contribution >= 4 is 6.29 Å². The SMILES string of the molecule is C[C@@H]1CNCCC1C=O. The summed E-state index contributed by atoms with van der Waals surface area (Å²) in [6, 6.07) is 0. The van der Waals surface area contributed by atoms with E-state index in [0.29, 0.717) is 11.8 Å². The molecule has 0 bridgehead atoms. The Bertz CT molecular complexity index is 103. The van der Waals surface area contributed by atoms with Crippen LogP contribution in [0.2, 0.25) is 0 Å². The first-order valence-corrected chi connectivity index (χ1v) is 3.50. The minimum Gasteiger partial charge on any atom is -0.316 e. The molecule has 1 saturated heterocycles. The summed E-state index contributed by atoms with van der Waals surface area (Å²) in [7, 11) is 0. The third-order valence-electron chi connectivity index (χ3n) is 2.03. The number of rotatable bonds is 1. The second-order valence-corrected chi connectivity index (χ2v) is 2.77. The average molecular weight is 127 g/mol. The number of aldehydes is 1. The van der Waals surface area contributed by atoms with Gasteiger partial charge in [0.15, 0.2) is 0 Å². The smallest absolute Gasteiger partial charge is 0.123 e. The van der Waals surface area contributed by atoms with Gasteiger partial charge in [0.2, 0.25) is 0 Å². The second kappa shape index (κ2) is 2.97. The average Bonchev–Trinajstić information content (AvgIpc) is 1.89. The molecule has 52 valence electrons. The van der Waals surface area contributed by atoms with Crippen molar-refractivity contribution in [1.29, 1.82) is 0 Å². The van der Waals surface area contributed by atoms with Gasteiger partial charge in [-0.1, -0.05) is 6.92 Å². The van der Waals surface area contributed by atoms with E-state index in [0.717, 1.165) is 25.8 Å². The van der Waals surface area contributed by atoms with E-state index >= 15 is 0 Å². The van der Waals surface area contributed by atoms with Gasteiger partial charge in [-0.2, -0.15) is 0 Å².